The van der Waals surface area contributed by atoms with Crippen LogP contribution in [0.3, 0.4) is 0 Å². The van der Waals surface area contributed by atoms with Crippen LogP contribution in [0.1, 0.15) is 0 Å². The number of rotatable bonds is 3. The number of ether oxygens (including phenoxy) is 1. The molecule has 7 rings (SSSR count). The molecule has 7 aromatic rings. The van der Waals surface area contributed by atoms with Gasteiger partial charge in [0.05, 0.1) is 16.6 Å². The molecule has 0 aliphatic heterocycles. The van der Waals surface area contributed by atoms with Crippen molar-refractivity contribution < 1.29 is 9.15 Å². The zero-order valence-electron chi connectivity index (χ0n) is 18.1. The largest absolute Gasteiger partial charge is 0.457 e. The lowest BCUT2D eigenvalue weighted by atomic mass is 10.0. The van der Waals surface area contributed by atoms with Crippen molar-refractivity contribution in [1.82, 2.24) is 9.97 Å². The van der Waals surface area contributed by atoms with E-state index in [0.29, 0.717) is 0 Å². The maximum absolute atomic E-state index is 6.56. The average molecular weight is 438 g/mol. The van der Waals surface area contributed by atoms with Gasteiger partial charge in [0.25, 0.3) is 0 Å². The zero-order chi connectivity index (χ0) is 22.5. The summed E-state index contributed by atoms with van der Waals surface area (Å²) in [5.74, 6) is 1.48. The number of para-hydroxylation sites is 1. The molecule has 0 radical (unpaired) electrons. The maximum Gasteiger partial charge on any atom is 0.147 e. The fourth-order valence-electron chi connectivity index (χ4n) is 4.65. The van der Waals surface area contributed by atoms with Crippen molar-refractivity contribution >= 4 is 43.6 Å². The second kappa shape index (κ2) is 7.42. The molecule has 160 valence electrons. The third-order valence-electron chi connectivity index (χ3n) is 6.20. The van der Waals surface area contributed by atoms with Gasteiger partial charge >= 0.3 is 0 Å². The molecule has 4 heteroatoms. The van der Waals surface area contributed by atoms with Crippen LogP contribution in [-0.4, -0.2) is 9.97 Å². The van der Waals surface area contributed by atoms with Gasteiger partial charge in [-0.3, -0.25) is 9.97 Å². The van der Waals surface area contributed by atoms with E-state index in [1.165, 1.54) is 0 Å². The Morgan fingerprint density at radius 1 is 0.647 bits per heavy atom. The third-order valence-corrected chi connectivity index (χ3v) is 6.20. The van der Waals surface area contributed by atoms with E-state index in [1.807, 2.05) is 72.9 Å². The number of pyridine rings is 2. The van der Waals surface area contributed by atoms with Crippen molar-refractivity contribution in [2.24, 2.45) is 0 Å². The summed E-state index contributed by atoms with van der Waals surface area (Å²) in [6.45, 7) is 0. The summed E-state index contributed by atoms with van der Waals surface area (Å²) in [6, 6.07) is 32.3. The zero-order valence-corrected chi connectivity index (χ0v) is 18.1. The molecule has 0 aliphatic rings. The molecular formula is C30H18N2O2. The van der Waals surface area contributed by atoms with Crippen molar-refractivity contribution in [3.05, 3.63) is 109 Å². The smallest absolute Gasteiger partial charge is 0.147 e. The first-order chi connectivity index (χ1) is 16.8. The van der Waals surface area contributed by atoms with E-state index in [9.17, 15) is 0 Å². The summed E-state index contributed by atoms with van der Waals surface area (Å²) in [4.78, 5) is 9.14. The molecular weight excluding hydrogens is 420 g/mol. The topological polar surface area (TPSA) is 48.2 Å². The summed E-state index contributed by atoms with van der Waals surface area (Å²) in [5.41, 5.74) is 4.47. The molecule has 4 nitrogen and oxygen atoms in total. The summed E-state index contributed by atoms with van der Waals surface area (Å²) in [6.07, 6.45) is 3.62. The number of hydrogen-bond acceptors (Lipinski definition) is 4. The van der Waals surface area contributed by atoms with E-state index in [2.05, 4.69) is 40.3 Å². The first-order valence-corrected chi connectivity index (χ1v) is 11.2. The Hall–Kier alpha value is -4.70. The third kappa shape index (κ3) is 2.93. The number of hydrogen-bond donors (Lipinski definition) is 0. The molecule has 0 N–H and O–H groups in total. The lowest BCUT2D eigenvalue weighted by Crippen LogP contribution is -1.89. The molecule has 0 unspecified atom stereocenters. The molecule has 0 amide bonds. The van der Waals surface area contributed by atoms with Gasteiger partial charge in [-0.25, -0.2) is 0 Å². The monoisotopic (exact) mass is 438 g/mol. The summed E-state index contributed by atoms with van der Waals surface area (Å²) >= 11 is 0. The van der Waals surface area contributed by atoms with Crippen LogP contribution in [-0.2, 0) is 0 Å². The molecule has 3 aromatic heterocycles. The Balaban J connectivity index is 1.50. The fourth-order valence-corrected chi connectivity index (χ4v) is 4.65. The number of aromatic nitrogens is 2. The highest BCUT2D eigenvalue weighted by Gasteiger charge is 2.18. The molecule has 0 bridgehead atoms. The van der Waals surface area contributed by atoms with Gasteiger partial charge in [-0.15, -0.1) is 0 Å². The van der Waals surface area contributed by atoms with Crippen molar-refractivity contribution in [2.75, 3.05) is 0 Å². The molecule has 3 heterocycles. The van der Waals surface area contributed by atoms with Gasteiger partial charge in [-0.2, -0.15) is 0 Å². The van der Waals surface area contributed by atoms with E-state index >= 15 is 0 Å². The van der Waals surface area contributed by atoms with Gasteiger partial charge in [0.2, 0.25) is 0 Å². The Morgan fingerprint density at radius 3 is 2.50 bits per heavy atom. The van der Waals surface area contributed by atoms with Crippen molar-refractivity contribution in [2.45, 2.75) is 0 Å². The highest BCUT2D eigenvalue weighted by atomic mass is 16.5. The second-order valence-electron chi connectivity index (χ2n) is 8.26. The Labute approximate surface area is 195 Å². The minimum absolute atomic E-state index is 0.738. The standard InChI is InChI=1S/C30H18N2O2/c1-2-12-26-23(10-1)28-27(33-21-9-5-7-20(17-21)25-11-3-4-15-31-25)18-24-22(30(28)34-26)14-13-19-8-6-16-32-29(19)24/h1-18H. The van der Waals surface area contributed by atoms with Crippen LogP contribution in [0.5, 0.6) is 11.5 Å². The summed E-state index contributed by atoms with van der Waals surface area (Å²) < 4.78 is 12.9. The van der Waals surface area contributed by atoms with E-state index in [4.69, 9.17) is 9.15 Å². The quantitative estimate of drug-likeness (QED) is 0.261. The molecule has 0 saturated carbocycles. The molecule has 0 aliphatic carbocycles. The van der Waals surface area contributed by atoms with E-state index in [-0.39, 0.29) is 0 Å². The van der Waals surface area contributed by atoms with Gasteiger partial charge in [0.15, 0.2) is 0 Å². The minimum atomic E-state index is 0.738. The Bertz CT molecular complexity index is 1840. The second-order valence-corrected chi connectivity index (χ2v) is 8.26. The summed E-state index contributed by atoms with van der Waals surface area (Å²) in [7, 11) is 0. The van der Waals surface area contributed by atoms with Crippen LogP contribution in [0, 0.1) is 0 Å². The SMILES string of the molecule is c1ccc(-c2cccc(Oc3cc4c(ccc5cccnc54)c4oc5ccccc5c34)c2)nc1. The first kappa shape index (κ1) is 18.8. The van der Waals surface area contributed by atoms with Crippen LogP contribution in [0.2, 0.25) is 0 Å². The first-order valence-electron chi connectivity index (χ1n) is 11.2. The Morgan fingerprint density at radius 2 is 1.56 bits per heavy atom. The lowest BCUT2D eigenvalue weighted by molar-refractivity contribution is 0.489. The van der Waals surface area contributed by atoms with E-state index in [0.717, 1.165) is 66.4 Å². The number of fused-ring (bicyclic) bond motifs is 7. The van der Waals surface area contributed by atoms with Gasteiger partial charge in [-0.1, -0.05) is 48.5 Å². The highest BCUT2D eigenvalue weighted by molar-refractivity contribution is 6.22. The predicted molar refractivity (Wildman–Crippen MR) is 136 cm³/mol. The molecule has 0 saturated heterocycles. The number of furan rings is 1. The maximum atomic E-state index is 6.56. The molecule has 34 heavy (non-hydrogen) atoms. The number of benzene rings is 4. The van der Waals surface area contributed by atoms with E-state index < -0.39 is 0 Å². The van der Waals surface area contributed by atoms with Crippen molar-refractivity contribution in [3.8, 4) is 22.8 Å². The molecule has 0 spiro atoms. The lowest BCUT2D eigenvalue weighted by Gasteiger charge is -2.11. The molecule has 4 aromatic carbocycles. The molecule has 0 atom stereocenters. The van der Waals surface area contributed by atoms with Gasteiger partial charge in [0, 0.05) is 39.5 Å². The van der Waals surface area contributed by atoms with E-state index in [1.54, 1.807) is 6.20 Å². The van der Waals surface area contributed by atoms with Crippen LogP contribution >= 0.6 is 0 Å². The van der Waals surface area contributed by atoms with Crippen LogP contribution < -0.4 is 4.74 Å². The highest BCUT2D eigenvalue weighted by Crippen LogP contribution is 2.43. The van der Waals surface area contributed by atoms with Gasteiger partial charge in [0.1, 0.15) is 22.7 Å². The normalized spacial score (nSPS) is 11.5. The number of nitrogens with zero attached hydrogens (tertiary/aromatic N) is 2. The van der Waals surface area contributed by atoms with Crippen LogP contribution in [0.15, 0.2) is 114 Å². The van der Waals surface area contributed by atoms with Gasteiger partial charge < -0.3 is 9.15 Å². The predicted octanol–water partition coefficient (Wildman–Crippen LogP) is 8.14. The summed E-state index contributed by atoms with van der Waals surface area (Å²) in [5, 5.41) is 5.08. The average Bonchev–Trinajstić information content (AvgIpc) is 3.30. The fraction of sp³-hybridized carbons (Fsp3) is 0. The Kier molecular flexibility index (Phi) is 4.11. The van der Waals surface area contributed by atoms with Crippen molar-refractivity contribution in [1.29, 1.82) is 0 Å². The minimum Gasteiger partial charge on any atom is -0.457 e. The van der Waals surface area contributed by atoms with Crippen LogP contribution in [0.4, 0.5) is 0 Å². The molecule has 0 fully saturated rings. The van der Waals surface area contributed by atoms with Crippen molar-refractivity contribution in [3.63, 3.8) is 0 Å². The van der Waals surface area contributed by atoms with Gasteiger partial charge in [-0.05, 0) is 48.5 Å². The van der Waals surface area contributed by atoms with Crippen LogP contribution in [0.25, 0.3) is 54.9 Å².